The fraction of sp³-hybridized carbons (Fsp3) is 0.308. The Morgan fingerprint density at radius 2 is 1.74 bits per heavy atom. The molecule has 1 fully saturated rings. The van der Waals surface area contributed by atoms with Gasteiger partial charge in [-0.2, -0.15) is 4.98 Å². The molecule has 2 aromatic carbocycles. The molecule has 9 nitrogen and oxygen atoms in total. The van der Waals surface area contributed by atoms with Gasteiger partial charge in [-0.15, -0.1) is 0 Å². The van der Waals surface area contributed by atoms with Crippen molar-refractivity contribution in [2.45, 2.75) is 13.5 Å². The number of aromatic nitrogens is 4. The predicted octanol–water partition coefficient (Wildman–Crippen LogP) is 3.62. The molecule has 0 bridgehead atoms. The highest BCUT2D eigenvalue weighted by Gasteiger charge is 2.27. The molecule has 2 aromatic heterocycles. The Morgan fingerprint density at radius 1 is 1.03 bits per heavy atom. The highest BCUT2D eigenvalue weighted by atomic mass is 35.5. The van der Waals surface area contributed by atoms with E-state index in [9.17, 15) is 9.59 Å². The van der Waals surface area contributed by atoms with Gasteiger partial charge in [0.2, 0.25) is 5.95 Å². The number of hydrogen-bond acceptors (Lipinski definition) is 5. The van der Waals surface area contributed by atoms with Crippen LogP contribution in [0.15, 0.2) is 52.1 Å². The first-order chi connectivity index (χ1) is 18.2. The van der Waals surface area contributed by atoms with Gasteiger partial charge in [0, 0.05) is 56.0 Å². The van der Waals surface area contributed by atoms with Crippen molar-refractivity contribution in [1.29, 1.82) is 0 Å². The molecule has 4 aromatic rings. The van der Waals surface area contributed by atoms with Crippen LogP contribution in [0.1, 0.15) is 11.1 Å². The summed E-state index contributed by atoms with van der Waals surface area (Å²) < 4.78 is 4.38. The van der Waals surface area contributed by atoms with E-state index in [4.69, 9.17) is 40.4 Å². The molecule has 12 heteroatoms. The summed E-state index contributed by atoms with van der Waals surface area (Å²) in [6.07, 6.45) is 0. The molecule has 0 aliphatic carbocycles. The molecule has 0 atom stereocenters. The van der Waals surface area contributed by atoms with Crippen LogP contribution in [0.5, 0.6) is 0 Å². The maximum absolute atomic E-state index is 13.3. The van der Waals surface area contributed by atoms with Gasteiger partial charge >= 0.3 is 5.69 Å². The maximum Gasteiger partial charge on any atom is 0.332 e. The number of thiocarbonyl (C=S) groups is 1. The molecule has 198 valence electrons. The molecule has 38 heavy (non-hydrogen) atoms. The summed E-state index contributed by atoms with van der Waals surface area (Å²) in [6.45, 7) is 4.89. The van der Waals surface area contributed by atoms with E-state index in [1.54, 1.807) is 7.05 Å². The van der Waals surface area contributed by atoms with Crippen LogP contribution in [0.25, 0.3) is 11.2 Å². The summed E-state index contributed by atoms with van der Waals surface area (Å²) in [7, 11) is 3.10. The predicted molar refractivity (Wildman–Crippen MR) is 157 cm³/mol. The third kappa shape index (κ3) is 4.79. The summed E-state index contributed by atoms with van der Waals surface area (Å²) >= 11 is 18.3. The van der Waals surface area contributed by atoms with Crippen LogP contribution in [0.4, 0.5) is 11.6 Å². The number of anilines is 2. The highest BCUT2D eigenvalue weighted by Crippen LogP contribution is 2.26. The lowest BCUT2D eigenvalue weighted by molar-refractivity contribution is 0.386. The fourth-order valence-electron chi connectivity index (χ4n) is 4.69. The van der Waals surface area contributed by atoms with Crippen LogP contribution in [-0.4, -0.2) is 54.9 Å². The minimum absolute atomic E-state index is 0.342. The average Bonchev–Trinajstić information content (AvgIpc) is 3.28. The number of aryl methyl sites for hydroxylation is 2. The van der Waals surface area contributed by atoms with E-state index in [0.717, 1.165) is 21.4 Å². The van der Waals surface area contributed by atoms with Crippen molar-refractivity contribution in [3.05, 3.63) is 84.5 Å². The average molecular weight is 573 g/mol. The summed E-state index contributed by atoms with van der Waals surface area (Å²) in [4.78, 5) is 34.9. The summed E-state index contributed by atoms with van der Waals surface area (Å²) in [5, 5.41) is 5.24. The normalized spacial score (nSPS) is 13.8. The monoisotopic (exact) mass is 571 g/mol. The molecular formula is C26H27Cl2N7O2S. The van der Waals surface area contributed by atoms with E-state index < -0.39 is 11.2 Å². The zero-order valence-corrected chi connectivity index (χ0v) is 23.6. The number of benzene rings is 2. The van der Waals surface area contributed by atoms with Crippen LogP contribution < -0.4 is 21.5 Å². The summed E-state index contributed by atoms with van der Waals surface area (Å²) in [5.74, 6) is 0.616. The van der Waals surface area contributed by atoms with E-state index in [2.05, 4.69) is 15.1 Å². The van der Waals surface area contributed by atoms with E-state index in [-0.39, 0.29) is 0 Å². The van der Waals surface area contributed by atoms with Crippen LogP contribution >= 0.6 is 35.4 Å². The van der Waals surface area contributed by atoms with Gasteiger partial charge < -0.3 is 15.1 Å². The third-order valence-corrected chi connectivity index (χ3v) is 7.86. The Balaban J connectivity index is 1.45. The molecule has 0 unspecified atom stereocenters. The molecule has 1 saturated heterocycles. The minimum atomic E-state index is -0.421. The maximum atomic E-state index is 13.3. The van der Waals surface area contributed by atoms with Crippen molar-refractivity contribution in [1.82, 2.24) is 23.6 Å². The molecule has 1 aliphatic heterocycles. The molecule has 0 radical (unpaired) electrons. The second-order valence-corrected chi connectivity index (χ2v) is 10.6. The number of halogens is 2. The summed E-state index contributed by atoms with van der Waals surface area (Å²) in [5.41, 5.74) is 2.68. The van der Waals surface area contributed by atoms with Gasteiger partial charge in [0.05, 0.1) is 6.54 Å². The van der Waals surface area contributed by atoms with Crippen LogP contribution in [0, 0.1) is 6.92 Å². The van der Waals surface area contributed by atoms with Crippen LogP contribution in [0.3, 0.4) is 0 Å². The van der Waals surface area contributed by atoms with Crippen molar-refractivity contribution < 1.29 is 0 Å². The third-order valence-electron chi connectivity index (χ3n) is 6.89. The first-order valence-corrected chi connectivity index (χ1v) is 13.3. The molecular weight excluding hydrogens is 545 g/mol. The largest absolute Gasteiger partial charge is 0.345 e. The second-order valence-electron chi connectivity index (χ2n) is 9.33. The Kier molecular flexibility index (Phi) is 7.21. The van der Waals surface area contributed by atoms with E-state index >= 15 is 0 Å². The highest BCUT2D eigenvalue weighted by molar-refractivity contribution is 7.80. The molecule has 0 saturated carbocycles. The van der Waals surface area contributed by atoms with E-state index in [1.165, 1.54) is 11.6 Å². The van der Waals surface area contributed by atoms with Gasteiger partial charge in [0.15, 0.2) is 16.3 Å². The lowest BCUT2D eigenvalue weighted by atomic mass is 10.2. The number of hydrogen-bond donors (Lipinski definition) is 1. The van der Waals surface area contributed by atoms with E-state index in [1.807, 2.05) is 54.0 Å². The first kappa shape index (κ1) is 26.3. The molecule has 1 aliphatic rings. The summed E-state index contributed by atoms with van der Waals surface area (Å²) in [6, 6.07) is 13.2. The van der Waals surface area contributed by atoms with Gasteiger partial charge in [0.25, 0.3) is 5.56 Å². The first-order valence-electron chi connectivity index (χ1n) is 12.1. The topological polar surface area (TPSA) is 80.3 Å². The fourth-order valence-corrected chi connectivity index (χ4v) is 5.41. The van der Waals surface area contributed by atoms with Crippen LogP contribution in [0.2, 0.25) is 10.0 Å². The van der Waals surface area contributed by atoms with Crippen molar-refractivity contribution in [3.63, 3.8) is 0 Å². The van der Waals surface area contributed by atoms with Gasteiger partial charge in [-0.25, -0.2) is 4.79 Å². The Bertz CT molecular complexity index is 1670. The van der Waals surface area contributed by atoms with Gasteiger partial charge in [-0.3, -0.25) is 18.5 Å². The zero-order valence-electron chi connectivity index (χ0n) is 21.2. The molecule has 1 N–H and O–H groups in total. The lowest BCUT2D eigenvalue weighted by Gasteiger charge is -2.37. The second kappa shape index (κ2) is 10.4. The number of imidazole rings is 1. The lowest BCUT2D eigenvalue weighted by Crippen LogP contribution is -2.50. The minimum Gasteiger partial charge on any atom is -0.345 e. The van der Waals surface area contributed by atoms with E-state index in [0.29, 0.717) is 65.0 Å². The smallest absolute Gasteiger partial charge is 0.332 e. The standard InChI is InChI=1S/C26H27Cl2N7O2S/c1-16-14-18(27)8-9-20(16)29-25(38)34-12-10-33(11-13-34)24-30-22-21(23(36)32(3)26(37)31(22)2)35(24)15-17-6-4-5-7-19(17)28/h4-9,14H,10-13,15H2,1-3H3,(H,29,38). The number of piperazine rings is 1. The van der Waals surface area contributed by atoms with Crippen molar-refractivity contribution in [2.24, 2.45) is 14.1 Å². The quantitative estimate of drug-likeness (QED) is 0.375. The Labute approximate surface area is 234 Å². The molecule has 0 amide bonds. The number of nitrogens with zero attached hydrogens (tertiary/aromatic N) is 6. The van der Waals surface area contributed by atoms with Gasteiger partial charge in [-0.05, 0) is 54.5 Å². The number of fused-ring (bicyclic) bond motifs is 1. The number of nitrogens with one attached hydrogen (secondary N) is 1. The van der Waals surface area contributed by atoms with Crippen molar-refractivity contribution in [3.8, 4) is 0 Å². The molecule has 5 rings (SSSR count). The SMILES string of the molecule is Cc1cc(Cl)ccc1NC(=S)N1CCN(c2nc3c(c(=O)n(C)c(=O)n3C)n2Cc2ccccc2Cl)CC1. The molecule has 3 heterocycles. The van der Waals surface area contributed by atoms with Gasteiger partial charge in [-0.1, -0.05) is 41.4 Å². The molecule has 0 spiro atoms. The Morgan fingerprint density at radius 3 is 2.42 bits per heavy atom. The Hall–Kier alpha value is -3.34. The number of rotatable bonds is 4. The van der Waals surface area contributed by atoms with Crippen molar-refractivity contribution in [2.75, 3.05) is 36.4 Å². The van der Waals surface area contributed by atoms with Crippen molar-refractivity contribution >= 4 is 63.3 Å². The van der Waals surface area contributed by atoms with Crippen LogP contribution in [-0.2, 0) is 20.6 Å². The zero-order chi connectivity index (χ0) is 27.1. The van der Waals surface area contributed by atoms with Gasteiger partial charge in [0.1, 0.15) is 0 Å².